The van der Waals surface area contributed by atoms with Crippen molar-refractivity contribution in [2.75, 3.05) is 13.9 Å². The summed E-state index contributed by atoms with van der Waals surface area (Å²) in [7, 11) is 1.32. The van der Waals surface area contributed by atoms with E-state index < -0.39 is 17.2 Å². The van der Waals surface area contributed by atoms with Gasteiger partial charge in [0.25, 0.3) is 0 Å². The van der Waals surface area contributed by atoms with Crippen molar-refractivity contribution >= 4 is 0 Å². The van der Waals surface area contributed by atoms with Gasteiger partial charge in [-0.2, -0.15) is 0 Å². The van der Waals surface area contributed by atoms with Crippen molar-refractivity contribution in [3.05, 3.63) is 52.8 Å². The summed E-state index contributed by atoms with van der Waals surface area (Å²) in [4.78, 5) is 0. The molecule has 1 heterocycles. The molecule has 0 N–H and O–H groups in total. The molecule has 1 aromatic carbocycles. The van der Waals surface area contributed by atoms with E-state index in [9.17, 15) is 8.78 Å². The Morgan fingerprint density at radius 3 is 2.75 bits per heavy atom. The monoisotopic (exact) mass is 336 g/mol. The molecule has 130 valence electrons. The van der Waals surface area contributed by atoms with Crippen LogP contribution < -0.4 is 4.74 Å². The van der Waals surface area contributed by atoms with E-state index in [1.165, 1.54) is 18.7 Å². The van der Waals surface area contributed by atoms with Crippen LogP contribution in [-0.2, 0) is 15.9 Å². The lowest BCUT2D eigenvalue weighted by molar-refractivity contribution is -0.0381. The fraction of sp³-hybridized carbons (Fsp3) is 0.474. The van der Waals surface area contributed by atoms with E-state index in [1.54, 1.807) is 0 Å². The lowest BCUT2D eigenvalue weighted by Crippen LogP contribution is -2.40. The molecular formula is C19H22F2O3. The van der Waals surface area contributed by atoms with Crippen LogP contribution in [0.1, 0.15) is 32.3 Å². The quantitative estimate of drug-likeness (QED) is 0.791. The zero-order chi connectivity index (χ0) is 17.3. The molecule has 0 amide bonds. The maximum absolute atomic E-state index is 14.3. The Hall–Kier alpha value is -1.88. The Balaban J connectivity index is 1.87. The summed E-state index contributed by atoms with van der Waals surface area (Å²) in [6, 6.07) is 2.30. The van der Waals surface area contributed by atoms with Crippen LogP contribution in [-0.4, -0.2) is 19.5 Å². The predicted octanol–water partition coefficient (Wildman–Crippen LogP) is 4.52. The molecule has 0 spiro atoms. The third-order valence-electron chi connectivity index (χ3n) is 5.01. The van der Waals surface area contributed by atoms with Crippen molar-refractivity contribution in [1.29, 1.82) is 0 Å². The largest absolute Gasteiger partial charge is 0.494 e. The van der Waals surface area contributed by atoms with Crippen LogP contribution in [0.3, 0.4) is 0 Å². The molecule has 2 aliphatic rings. The summed E-state index contributed by atoms with van der Waals surface area (Å²) in [6.07, 6.45) is 5.99. The average molecular weight is 336 g/mol. The average Bonchev–Trinajstić information content (AvgIpc) is 3.01. The Kier molecular flexibility index (Phi) is 4.63. The van der Waals surface area contributed by atoms with Crippen LogP contribution in [0.5, 0.6) is 5.75 Å². The Labute approximate surface area is 140 Å². The number of hydrogen-bond donors (Lipinski definition) is 0. The van der Waals surface area contributed by atoms with Gasteiger partial charge in [0.1, 0.15) is 17.2 Å². The van der Waals surface area contributed by atoms with Crippen LogP contribution in [0.25, 0.3) is 0 Å². The minimum absolute atomic E-state index is 0.0659. The smallest absolute Gasteiger partial charge is 0.189 e. The molecule has 1 fully saturated rings. The van der Waals surface area contributed by atoms with E-state index in [0.717, 1.165) is 24.7 Å². The number of fused-ring (bicyclic) bond motifs is 1. The SMILES string of the molecule is CCC1=CC=C2OCO[C@@]2([C@@H](C)Cc2cc(F)c(OC)cc2F)C1. The molecule has 2 atom stereocenters. The molecule has 0 saturated carbocycles. The van der Waals surface area contributed by atoms with Crippen LogP contribution in [0.15, 0.2) is 35.6 Å². The number of benzene rings is 1. The van der Waals surface area contributed by atoms with Crippen molar-refractivity contribution in [2.45, 2.75) is 38.7 Å². The fourth-order valence-corrected chi connectivity index (χ4v) is 3.49. The van der Waals surface area contributed by atoms with Crippen molar-refractivity contribution < 1.29 is 23.0 Å². The number of halogens is 2. The molecular weight excluding hydrogens is 314 g/mol. The summed E-state index contributed by atoms with van der Waals surface area (Å²) < 4.78 is 44.6. The van der Waals surface area contributed by atoms with Gasteiger partial charge in [0.05, 0.1) is 7.11 Å². The van der Waals surface area contributed by atoms with Crippen molar-refractivity contribution in [2.24, 2.45) is 5.92 Å². The van der Waals surface area contributed by atoms with Gasteiger partial charge >= 0.3 is 0 Å². The second kappa shape index (κ2) is 6.55. The van der Waals surface area contributed by atoms with Gasteiger partial charge in [0, 0.05) is 12.5 Å². The summed E-state index contributed by atoms with van der Waals surface area (Å²) in [5.74, 6) is -0.402. The first-order chi connectivity index (χ1) is 11.5. The molecule has 5 heteroatoms. The molecule has 3 rings (SSSR count). The van der Waals surface area contributed by atoms with Gasteiger partial charge in [0.15, 0.2) is 18.4 Å². The van der Waals surface area contributed by atoms with Crippen LogP contribution in [0.2, 0.25) is 0 Å². The number of rotatable bonds is 5. The molecule has 0 radical (unpaired) electrons. The normalized spacial score (nSPS) is 23.9. The van der Waals surface area contributed by atoms with Crippen LogP contribution in [0.4, 0.5) is 8.78 Å². The first-order valence-electron chi connectivity index (χ1n) is 8.19. The highest BCUT2D eigenvalue weighted by Crippen LogP contribution is 2.45. The summed E-state index contributed by atoms with van der Waals surface area (Å²) in [5, 5.41) is 0. The van der Waals surface area contributed by atoms with E-state index in [0.29, 0.717) is 12.0 Å². The standard InChI is InChI=1S/C19H22F2O3/c1-4-13-5-6-18-19(10-13,24-11-23-18)12(2)7-14-8-16(21)17(22-3)9-15(14)20/h5-6,8-9,12H,4,7,10-11H2,1-3H3/t12-,19+/m0/s1. The number of allylic oxidation sites excluding steroid dienone is 2. The third-order valence-corrected chi connectivity index (χ3v) is 5.01. The molecule has 1 aliphatic heterocycles. The zero-order valence-electron chi connectivity index (χ0n) is 14.2. The second-order valence-corrected chi connectivity index (χ2v) is 6.37. The van der Waals surface area contributed by atoms with Gasteiger partial charge in [-0.3, -0.25) is 0 Å². The number of ether oxygens (including phenoxy) is 3. The van der Waals surface area contributed by atoms with E-state index >= 15 is 0 Å². The molecule has 24 heavy (non-hydrogen) atoms. The van der Waals surface area contributed by atoms with Crippen molar-refractivity contribution in [3.8, 4) is 5.75 Å². The summed E-state index contributed by atoms with van der Waals surface area (Å²) >= 11 is 0. The highest BCUT2D eigenvalue weighted by Gasteiger charge is 2.48. The van der Waals surface area contributed by atoms with Gasteiger partial charge in [-0.25, -0.2) is 8.78 Å². The molecule has 1 aliphatic carbocycles. The fourth-order valence-electron chi connectivity index (χ4n) is 3.49. The molecule has 0 aromatic heterocycles. The molecule has 0 bridgehead atoms. The minimum Gasteiger partial charge on any atom is -0.494 e. The molecule has 1 aromatic rings. The lowest BCUT2D eigenvalue weighted by atomic mass is 9.75. The highest BCUT2D eigenvalue weighted by molar-refractivity contribution is 5.35. The van der Waals surface area contributed by atoms with Crippen molar-refractivity contribution in [1.82, 2.24) is 0 Å². The maximum atomic E-state index is 14.3. The molecule has 3 nitrogen and oxygen atoms in total. The van der Waals surface area contributed by atoms with E-state index in [2.05, 4.69) is 13.0 Å². The predicted molar refractivity (Wildman–Crippen MR) is 86.6 cm³/mol. The second-order valence-electron chi connectivity index (χ2n) is 6.37. The minimum atomic E-state index is -0.594. The van der Waals surface area contributed by atoms with E-state index in [4.69, 9.17) is 14.2 Å². The summed E-state index contributed by atoms with van der Waals surface area (Å²) in [6.45, 7) is 4.28. The third kappa shape index (κ3) is 2.81. The number of hydrogen-bond acceptors (Lipinski definition) is 3. The van der Waals surface area contributed by atoms with Gasteiger partial charge < -0.3 is 14.2 Å². The first-order valence-corrected chi connectivity index (χ1v) is 8.19. The Morgan fingerprint density at radius 2 is 2.04 bits per heavy atom. The van der Waals surface area contributed by atoms with Crippen LogP contribution in [0, 0.1) is 17.6 Å². The molecule has 0 unspecified atom stereocenters. The Bertz CT molecular complexity index is 696. The van der Waals surface area contributed by atoms with Crippen LogP contribution >= 0.6 is 0 Å². The van der Waals surface area contributed by atoms with Gasteiger partial charge in [-0.1, -0.05) is 25.5 Å². The highest BCUT2D eigenvalue weighted by atomic mass is 19.1. The van der Waals surface area contributed by atoms with E-state index in [-0.39, 0.29) is 18.5 Å². The van der Waals surface area contributed by atoms with E-state index in [1.807, 2.05) is 13.0 Å². The van der Waals surface area contributed by atoms with Crippen molar-refractivity contribution in [3.63, 3.8) is 0 Å². The summed E-state index contributed by atoms with van der Waals surface area (Å²) in [5.41, 5.74) is 0.984. The first kappa shape index (κ1) is 17.0. The van der Waals surface area contributed by atoms with Gasteiger partial charge in [-0.05, 0) is 36.5 Å². The van der Waals surface area contributed by atoms with Gasteiger partial charge in [0.2, 0.25) is 0 Å². The topological polar surface area (TPSA) is 27.7 Å². The lowest BCUT2D eigenvalue weighted by Gasteiger charge is -2.36. The van der Waals surface area contributed by atoms with Gasteiger partial charge in [-0.15, -0.1) is 0 Å². The zero-order valence-corrected chi connectivity index (χ0v) is 14.2. The maximum Gasteiger partial charge on any atom is 0.189 e. The Morgan fingerprint density at radius 1 is 1.25 bits per heavy atom. The number of methoxy groups -OCH3 is 1. The molecule has 1 saturated heterocycles.